The van der Waals surface area contributed by atoms with E-state index in [2.05, 4.69) is 58.2 Å². The predicted molar refractivity (Wildman–Crippen MR) is 85.4 cm³/mol. The summed E-state index contributed by atoms with van der Waals surface area (Å²) in [6, 6.07) is 6.72. The van der Waals surface area contributed by atoms with Crippen LogP contribution in [0.25, 0.3) is 0 Å². The molecule has 1 aromatic rings. The first kappa shape index (κ1) is 15.0. The summed E-state index contributed by atoms with van der Waals surface area (Å²) in [5.74, 6) is 0.822. The molecule has 0 aliphatic carbocycles. The molecule has 0 aromatic heterocycles. The number of hydrogen-bond donors (Lipinski definition) is 1. The quantitative estimate of drug-likeness (QED) is 0.890. The Morgan fingerprint density at radius 1 is 1.42 bits per heavy atom. The predicted octanol–water partition coefficient (Wildman–Crippen LogP) is 3.58. The molecule has 0 spiro atoms. The zero-order chi connectivity index (χ0) is 13.7. The fourth-order valence-electron chi connectivity index (χ4n) is 2.74. The maximum absolute atomic E-state index is 3.63. The molecular weight excluding hydrogens is 300 g/mol. The number of nitrogens with one attached hydrogen (secondary N) is 1. The molecule has 1 heterocycles. The fraction of sp³-hybridized carbons (Fsp3) is 0.625. The first-order valence-corrected chi connectivity index (χ1v) is 8.16. The van der Waals surface area contributed by atoms with Crippen LogP contribution in [0.2, 0.25) is 0 Å². The maximum Gasteiger partial charge on any atom is 0.0234 e. The summed E-state index contributed by atoms with van der Waals surface area (Å²) >= 11 is 3.63. The van der Waals surface area contributed by atoms with Crippen LogP contribution in [0.1, 0.15) is 30.9 Å². The average molecular weight is 325 g/mol. The second-order valence-electron chi connectivity index (χ2n) is 5.62. The standard InChI is InChI=1S/C16H25BrN2/c1-3-19(12-15-5-4-8-18-10-15)11-14-7-6-13(2)16(17)9-14/h6-7,9,15,18H,3-5,8,10-12H2,1-2H3. The molecule has 1 unspecified atom stereocenters. The molecule has 0 bridgehead atoms. The van der Waals surface area contributed by atoms with E-state index in [4.69, 9.17) is 0 Å². The van der Waals surface area contributed by atoms with Crippen molar-refractivity contribution < 1.29 is 0 Å². The van der Waals surface area contributed by atoms with Gasteiger partial charge in [0, 0.05) is 17.6 Å². The smallest absolute Gasteiger partial charge is 0.0234 e. The molecule has 19 heavy (non-hydrogen) atoms. The van der Waals surface area contributed by atoms with E-state index >= 15 is 0 Å². The highest BCUT2D eigenvalue weighted by atomic mass is 79.9. The van der Waals surface area contributed by atoms with Crippen LogP contribution in [0.15, 0.2) is 22.7 Å². The van der Waals surface area contributed by atoms with Gasteiger partial charge in [-0.1, -0.05) is 35.0 Å². The minimum Gasteiger partial charge on any atom is -0.316 e. The molecule has 0 amide bonds. The van der Waals surface area contributed by atoms with Crippen molar-refractivity contribution in [1.29, 1.82) is 0 Å². The first-order valence-electron chi connectivity index (χ1n) is 7.37. The lowest BCUT2D eigenvalue weighted by molar-refractivity contribution is 0.209. The zero-order valence-corrected chi connectivity index (χ0v) is 13.7. The lowest BCUT2D eigenvalue weighted by Crippen LogP contribution is -2.38. The van der Waals surface area contributed by atoms with Crippen molar-refractivity contribution >= 4 is 15.9 Å². The number of benzene rings is 1. The molecule has 2 rings (SSSR count). The largest absolute Gasteiger partial charge is 0.316 e. The third kappa shape index (κ3) is 4.59. The molecule has 1 fully saturated rings. The molecule has 1 aromatic carbocycles. The van der Waals surface area contributed by atoms with Crippen molar-refractivity contribution in [2.45, 2.75) is 33.2 Å². The Morgan fingerprint density at radius 2 is 2.26 bits per heavy atom. The van der Waals surface area contributed by atoms with Crippen LogP contribution in [0.3, 0.4) is 0 Å². The van der Waals surface area contributed by atoms with Gasteiger partial charge in [0.25, 0.3) is 0 Å². The van der Waals surface area contributed by atoms with Crippen LogP contribution in [0.5, 0.6) is 0 Å². The number of halogens is 1. The summed E-state index contributed by atoms with van der Waals surface area (Å²) in [6.45, 7) is 10.2. The topological polar surface area (TPSA) is 15.3 Å². The van der Waals surface area contributed by atoms with Gasteiger partial charge in [-0.15, -0.1) is 0 Å². The summed E-state index contributed by atoms with van der Waals surface area (Å²) < 4.78 is 1.22. The highest BCUT2D eigenvalue weighted by Crippen LogP contribution is 2.19. The van der Waals surface area contributed by atoms with Crippen LogP contribution < -0.4 is 5.32 Å². The minimum absolute atomic E-state index is 0.822. The van der Waals surface area contributed by atoms with E-state index in [1.165, 1.54) is 48.1 Å². The third-order valence-electron chi connectivity index (χ3n) is 4.00. The van der Waals surface area contributed by atoms with Gasteiger partial charge >= 0.3 is 0 Å². The van der Waals surface area contributed by atoms with Gasteiger partial charge in [-0.05, 0) is 62.5 Å². The Hall–Kier alpha value is -0.380. The summed E-state index contributed by atoms with van der Waals surface area (Å²) in [6.07, 6.45) is 2.71. The molecule has 106 valence electrons. The van der Waals surface area contributed by atoms with Gasteiger partial charge in [0.1, 0.15) is 0 Å². The number of nitrogens with zero attached hydrogens (tertiary/aromatic N) is 1. The third-order valence-corrected chi connectivity index (χ3v) is 4.86. The molecule has 3 heteroatoms. The number of aryl methyl sites for hydroxylation is 1. The van der Waals surface area contributed by atoms with Crippen molar-refractivity contribution in [1.82, 2.24) is 10.2 Å². The van der Waals surface area contributed by atoms with E-state index in [0.717, 1.165) is 19.0 Å². The SMILES string of the molecule is CCN(Cc1ccc(C)c(Br)c1)CC1CCCNC1. The normalized spacial score (nSPS) is 19.9. The van der Waals surface area contributed by atoms with Gasteiger partial charge in [0.2, 0.25) is 0 Å². The van der Waals surface area contributed by atoms with Gasteiger partial charge in [-0.2, -0.15) is 0 Å². The van der Waals surface area contributed by atoms with Crippen LogP contribution in [-0.2, 0) is 6.54 Å². The average Bonchev–Trinajstić information content (AvgIpc) is 2.43. The lowest BCUT2D eigenvalue weighted by atomic mass is 9.99. The minimum atomic E-state index is 0.822. The molecule has 0 saturated carbocycles. The number of piperidine rings is 1. The molecule has 1 atom stereocenters. The number of hydrogen-bond acceptors (Lipinski definition) is 2. The van der Waals surface area contributed by atoms with Gasteiger partial charge in [-0.25, -0.2) is 0 Å². The highest BCUT2D eigenvalue weighted by molar-refractivity contribution is 9.10. The summed E-state index contributed by atoms with van der Waals surface area (Å²) in [5, 5.41) is 3.51. The van der Waals surface area contributed by atoms with Crippen molar-refractivity contribution in [3.05, 3.63) is 33.8 Å². The van der Waals surface area contributed by atoms with Crippen LogP contribution in [0, 0.1) is 12.8 Å². The van der Waals surface area contributed by atoms with E-state index < -0.39 is 0 Å². The van der Waals surface area contributed by atoms with E-state index in [-0.39, 0.29) is 0 Å². The Bertz CT molecular complexity index is 400. The Labute approximate surface area is 125 Å². The van der Waals surface area contributed by atoms with E-state index in [9.17, 15) is 0 Å². The van der Waals surface area contributed by atoms with Gasteiger partial charge in [-0.3, -0.25) is 4.90 Å². The molecule has 2 nitrogen and oxygen atoms in total. The van der Waals surface area contributed by atoms with Gasteiger partial charge in [0.05, 0.1) is 0 Å². The molecule has 0 radical (unpaired) electrons. The van der Waals surface area contributed by atoms with Gasteiger partial charge in [0.15, 0.2) is 0 Å². The Morgan fingerprint density at radius 3 is 2.89 bits per heavy atom. The monoisotopic (exact) mass is 324 g/mol. The second kappa shape index (κ2) is 7.41. The van der Waals surface area contributed by atoms with Crippen molar-refractivity contribution in [2.75, 3.05) is 26.2 Å². The molecule has 1 N–H and O–H groups in total. The van der Waals surface area contributed by atoms with E-state index in [1.807, 2.05) is 0 Å². The summed E-state index contributed by atoms with van der Waals surface area (Å²) in [5.41, 5.74) is 2.71. The Balaban J connectivity index is 1.92. The number of rotatable bonds is 5. The van der Waals surface area contributed by atoms with Crippen molar-refractivity contribution in [2.24, 2.45) is 5.92 Å². The zero-order valence-electron chi connectivity index (χ0n) is 12.1. The van der Waals surface area contributed by atoms with Crippen LogP contribution >= 0.6 is 15.9 Å². The summed E-state index contributed by atoms with van der Waals surface area (Å²) in [7, 11) is 0. The summed E-state index contributed by atoms with van der Waals surface area (Å²) in [4.78, 5) is 2.56. The van der Waals surface area contributed by atoms with Crippen molar-refractivity contribution in [3.63, 3.8) is 0 Å². The van der Waals surface area contributed by atoms with E-state index in [0.29, 0.717) is 0 Å². The fourth-order valence-corrected chi connectivity index (χ4v) is 3.17. The molecular formula is C16H25BrN2. The first-order chi connectivity index (χ1) is 9.19. The molecule has 1 aliphatic heterocycles. The molecule has 1 saturated heterocycles. The van der Waals surface area contributed by atoms with E-state index in [1.54, 1.807) is 0 Å². The van der Waals surface area contributed by atoms with Crippen LogP contribution in [-0.4, -0.2) is 31.1 Å². The Kier molecular flexibility index (Phi) is 5.86. The van der Waals surface area contributed by atoms with Crippen LogP contribution in [0.4, 0.5) is 0 Å². The van der Waals surface area contributed by atoms with Gasteiger partial charge < -0.3 is 5.32 Å². The van der Waals surface area contributed by atoms with Crippen molar-refractivity contribution in [3.8, 4) is 0 Å². The highest BCUT2D eigenvalue weighted by Gasteiger charge is 2.16. The lowest BCUT2D eigenvalue weighted by Gasteiger charge is -2.29. The second-order valence-corrected chi connectivity index (χ2v) is 6.48. The molecule has 1 aliphatic rings. The maximum atomic E-state index is 3.63.